The Balaban J connectivity index is 1.76. The zero-order valence-corrected chi connectivity index (χ0v) is 15.4. The lowest BCUT2D eigenvalue weighted by atomic mass is 9.88. The molecule has 128 valence electrons. The summed E-state index contributed by atoms with van der Waals surface area (Å²) >= 11 is 12.6. The summed E-state index contributed by atoms with van der Waals surface area (Å²) in [4.78, 5) is 8.66. The Bertz CT molecular complexity index is 707. The highest BCUT2D eigenvalue weighted by Gasteiger charge is 2.28. The zero-order valence-electron chi connectivity index (χ0n) is 13.9. The van der Waals surface area contributed by atoms with E-state index in [0.717, 1.165) is 37.4 Å². The number of hydrogen-bond acceptors (Lipinski definition) is 4. The van der Waals surface area contributed by atoms with E-state index in [9.17, 15) is 0 Å². The van der Waals surface area contributed by atoms with Crippen molar-refractivity contribution in [2.75, 3.05) is 18.5 Å². The molecule has 2 aromatic rings. The standard InChI is InChI=1S/C18H21Cl2N3O/c1-18(2)10-12(5-8-24-18)11-22-15-9-14(19)16(20)17(23-15)13-3-6-21-7-4-13/h3-4,6-7,9,12H,5,8,10-11H2,1-2H3,(H,22,23)/t12-/m0/s1. The molecule has 3 heterocycles. The van der Waals surface area contributed by atoms with Crippen LogP contribution in [0.3, 0.4) is 0 Å². The Labute approximate surface area is 152 Å². The number of aromatic nitrogens is 2. The van der Waals surface area contributed by atoms with E-state index in [4.69, 9.17) is 27.9 Å². The van der Waals surface area contributed by atoms with Gasteiger partial charge in [0.1, 0.15) is 5.82 Å². The van der Waals surface area contributed by atoms with Crippen molar-refractivity contribution >= 4 is 29.0 Å². The van der Waals surface area contributed by atoms with Gasteiger partial charge in [-0.3, -0.25) is 4.98 Å². The van der Waals surface area contributed by atoms with E-state index in [-0.39, 0.29) is 5.60 Å². The van der Waals surface area contributed by atoms with Crippen LogP contribution in [-0.4, -0.2) is 28.7 Å². The lowest BCUT2D eigenvalue weighted by Gasteiger charge is -2.35. The Kier molecular flexibility index (Phi) is 5.28. The fourth-order valence-electron chi connectivity index (χ4n) is 3.07. The monoisotopic (exact) mass is 365 g/mol. The highest BCUT2D eigenvalue weighted by atomic mass is 35.5. The fraction of sp³-hybridized carbons (Fsp3) is 0.444. The summed E-state index contributed by atoms with van der Waals surface area (Å²) in [5.41, 5.74) is 1.51. The minimum atomic E-state index is -0.0577. The molecule has 0 radical (unpaired) electrons. The van der Waals surface area contributed by atoms with E-state index >= 15 is 0 Å². The summed E-state index contributed by atoms with van der Waals surface area (Å²) in [5, 5.41) is 4.36. The molecule has 1 saturated heterocycles. The van der Waals surface area contributed by atoms with Crippen molar-refractivity contribution in [2.45, 2.75) is 32.3 Å². The predicted molar refractivity (Wildman–Crippen MR) is 98.7 cm³/mol. The third-order valence-corrected chi connectivity index (χ3v) is 5.02. The molecule has 0 aromatic carbocycles. The molecule has 4 nitrogen and oxygen atoms in total. The van der Waals surface area contributed by atoms with Gasteiger partial charge >= 0.3 is 0 Å². The molecule has 0 aliphatic carbocycles. The Hall–Kier alpha value is -1.36. The van der Waals surface area contributed by atoms with Crippen molar-refractivity contribution in [3.05, 3.63) is 40.6 Å². The summed E-state index contributed by atoms with van der Waals surface area (Å²) in [6.45, 7) is 5.92. The summed E-state index contributed by atoms with van der Waals surface area (Å²) in [6.07, 6.45) is 5.50. The van der Waals surface area contributed by atoms with E-state index < -0.39 is 0 Å². The second-order valence-electron chi connectivity index (χ2n) is 6.74. The van der Waals surface area contributed by atoms with Crippen LogP contribution >= 0.6 is 23.2 Å². The average molecular weight is 366 g/mol. The lowest BCUT2D eigenvalue weighted by Crippen LogP contribution is -2.36. The van der Waals surface area contributed by atoms with E-state index in [0.29, 0.717) is 21.7 Å². The van der Waals surface area contributed by atoms with Crippen LogP contribution in [0.1, 0.15) is 26.7 Å². The number of halogens is 2. The Morgan fingerprint density at radius 1 is 1.29 bits per heavy atom. The smallest absolute Gasteiger partial charge is 0.128 e. The van der Waals surface area contributed by atoms with Gasteiger partial charge in [0.15, 0.2) is 0 Å². The van der Waals surface area contributed by atoms with Crippen LogP contribution in [0, 0.1) is 5.92 Å². The van der Waals surface area contributed by atoms with E-state index in [2.05, 4.69) is 29.1 Å². The molecule has 24 heavy (non-hydrogen) atoms. The van der Waals surface area contributed by atoms with Crippen LogP contribution in [0.25, 0.3) is 11.3 Å². The minimum Gasteiger partial charge on any atom is -0.376 e. The van der Waals surface area contributed by atoms with E-state index in [1.807, 2.05) is 12.1 Å². The number of nitrogens with one attached hydrogen (secondary N) is 1. The molecule has 0 bridgehead atoms. The second kappa shape index (κ2) is 7.26. The molecular weight excluding hydrogens is 345 g/mol. The lowest BCUT2D eigenvalue weighted by molar-refractivity contribution is -0.0699. The molecule has 0 unspecified atom stereocenters. The normalized spacial score (nSPS) is 19.9. The maximum absolute atomic E-state index is 6.33. The molecule has 1 N–H and O–H groups in total. The van der Waals surface area contributed by atoms with Gasteiger partial charge in [0.25, 0.3) is 0 Å². The summed E-state index contributed by atoms with van der Waals surface area (Å²) in [7, 11) is 0. The second-order valence-corrected chi connectivity index (χ2v) is 7.52. The van der Waals surface area contributed by atoms with E-state index in [1.165, 1.54) is 0 Å². The van der Waals surface area contributed by atoms with Gasteiger partial charge < -0.3 is 10.1 Å². The van der Waals surface area contributed by atoms with Crippen molar-refractivity contribution in [3.63, 3.8) is 0 Å². The average Bonchev–Trinajstić information content (AvgIpc) is 2.56. The largest absolute Gasteiger partial charge is 0.376 e. The van der Waals surface area contributed by atoms with Crippen molar-refractivity contribution in [1.29, 1.82) is 0 Å². The summed E-state index contributed by atoms with van der Waals surface area (Å²) in [6, 6.07) is 5.52. The topological polar surface area (TPSA) is 47.0 Å². The number of anilines is 1. The number of pyridine rings is 2. The van der Waals surface area contributed by atoms with Crippen molar-refractivity contribution in [3.8, 4) is 11.3 Å². The molecule has 1 atom stereocenters. The third kappa shape index (κ3) is 4.18. The summed E-state index contributed by atoms with van der Waals surface area (Å²) in [5.74, 6) is 1.29. The van der Waals surface area contributed by atoms with Gasteiger partial charge in [0, 0.05) is 37.2 Å². The van der Waals surface area contributed by atoms with Gasteiger partial charge in [-0.15, -0.1) is 0 Å². The van der Waals surface area contributed by atoms with Crippen LogP contribution in [0.5, 0.6) is 0 Å². The van der Waals surface area contributed by atoms with Crippen molar-refractivity contribution in [1.82, 2.24) is 9.97 Å². The van der Waals surface area contributed by atoms with Crippen LogP contribution < -0.4 is 5.32 Å². The molecule has 0 amide bonds. The molecule has 1 aliphatic heterocycles. The van der Waals surface area contributed by atoms with Crippen molar-refractivity contribution in [2.24, 2.45) is 5.92 Å². The number of nitrogens with zero attached hydrogens (tertiary/aromatic N) is 2. The van der Waals surface area contributed by atoms with Gasteiger partial charge in [-0.2, -0.15) is 0 Å². The van der Waals surface area contributed by atoms with Gasteiger partial charge in [0.2, 0.25) is 0 Å². The zero-order chi connectivity index (χ0) is 17.2. The van der Waals surface area contributed by atoms with Crippen LogP contribution in [0.15, 0.2) is 30.6 Å². The van der Waals surface area contributed by atoms with Crippen LogP contribution in [0.4, 0.5) is 5.82 Å². The number of ether oxygens (including phenoxy) is 1. The highest BCUT2D eigenvalue weighted by Crippen LogP contribution is 2.34. The van der Waals surface area contributed by atoms with Gasteiger partial charge in [-0.05, 0) is 44.7 Å². The quantitative estimate of drug-likeness (QED) is 0.821. The predicted octanol–water partition coefficient (Wildman–Crippen LogP) is 5.07. The highest BCUT2D eigenvalue weighted by molar-refractivity contribution is 6.43. The van der Waals surface area contributed by atoms with Crippen LogP contribution in [0.2, 0.25) is 10.0 Å². The maximum atomic E-state index is 6.33. The first kappa shape index (κ1) is 17.5. The first-order chi connectivity index (χ1) is 11.4. The minimum absolute atomic E-state index is 0.0577. The van der Waals surface area contributed by atoms with Gasteiger partial charge in [-0.25, -0.2) is 4.98 Å². The van der Waals surface area contributed by atoms with E-state index in [1.54, 1.807) is 18.5 Å². The fourth-order valence-corrected chi connectivity index (χ4v) is 3.47. The summed E-state index contributed by atoms with van der Waals surface area (Å²) < 4.78 is 5.77. The van der Waals surface area contributed by atoms with Crippen LogP contribution in [-0.2, 0) is 4.74 Å². The third-order valence-electron chi connectivity index (χ3n) is 4.24. The molecular formula is C18H21Cl2N3O. The van der Waals surface area contributed by atoms with Gasteiger partial charge in [0.05, 0.1) is 21.3 Å². The molecule has 1 aliphatic rings. The molecule has 3 rings (SSSR count). The molecule has 0 saturated carbocycles. The van der Waals surface area contributed by atoms with Crippen molar-refractivity contribution < 1.29 is 4.74 Å². The number of rotatable bonds is 4. The molecule has 6 heteroatoms. The SMILES string of the molecule is CC1(C)C[C@@H](CNc2cc(Cl)c(Cl)c(-c3ccncc3)n2)CCO1. The molecule has 1 fully saturated rings. The molecule has 2 aromatic heterocycles. The first-order valence-electron chi connectivity index (χ1n) is 8.09. The molecule has 0 spiro atoms. The first-order valence-corrected chi connectivity index (χ1v) is 8.84. The number of hydrogen-bond donors (Lipinski definition) is 1. The Morgan fingerprint density at radius 3 is 2.75 bits per heavy atom. The maximum Gasteiger partial charge on any atom is 0.128 e. The van der Waals surface area contributed by atoms with Gasteiger partial charge in [-0.1, -0.05) is 23.2 Å². The Morgan fingerprint density at radius 2 is 2.04 bits per heavy atom.